The number of piperidine rings is 1. The number of hydrogen-bond acceptors (Lipinski definition) is 4. The molecule has 0 aliphatic carbocycles. The molecule has 0 atom stereocenters. The summed E-state index contributed by atoms with van der Waals surface area (Å²) in [5, 5.41) is 2.99. The van der Waals surface area contributed by atoms with Crippen molar-refractivity contribution >= 4 is 42.3 Å². The fourth-order valence-electron chi connectivity index (χ4n) is 4.40. The highest BCUT2D eigenvalue weighted by Gasteiger charge is 2.23. The number of halogens is 2. The van der Waals surface area contributed by atoms with Crippen molar-refractivity contribution in [1.82, 2.24) is 9.80 Å². The minimum absolute atomic E-state index is 0. The molecule has 1 N–H and O–H groups in total. The summed E-state index contributed by atoms with van der Waals surface area (Å²) in [5.74, 6) is 0.819. The van der Waals surface area contributed by atoms with Crippen LogP contribution in [0, 0.1) is 13.8 Å². The molecule has 0 aromatic heterocycles. The predicted octanol–water partition coefficient (Wildman–Crippen LogP) is 5.89. The largest absolute Gasteiger partial charge is 0.491 e. The molecule has 36 heavy (non-hydrogen) atoms. The number of anilines is 1. The zero-order valence-electron chi connectivity index (χ0n) is 21.9. The molecular weight excluding hydrogens is 497 g/mol. The van der Waals surface area contributed by atoms with Gasteiger partial charge in [-0.1, -0.05) is 24.3 Å². The van der Waals surface area contributed by atoms with Gasteiger partial charge in [-0.05, 0) is 89.4 Å². The first-order valence-corrected chi connectivity index (χ1v) is 12.4. The molecule has 0 spiro atoms. The Balaban J connectivity index is 0.00000324. The molecule has 2 aromatic carbocycles. The molecule has 0 unspecified atom stereocenters. The quantitative estimate of drug-likeness (QED) is 0.383. The number of hydrogen-bond donors (Lipinski definition) is 1. The fraction of sp³-hybridized carbons (Fsp3) is 0.500. The molecule has 2 aromatic rings. The van der Waals surface area contributed by atoms with Crippen molar-refractivity contribution < 1.29 is 14.3 Å². The van der Waals surface area contributed by atoms with Gasteiger partial charge in [-0.15, -0.1) is 24.8 Å². The summed E-state index contributed by atoms with van der Waals surface area (Å²) in [6.45, 7) is 6.23. The SMILES string of the molecule is Cc1ccc(NC(=O)c2ccccc2C)c(OCCCCCC(=O)N2CCC(N(C)C)CC2)c1.Cl.Cl. The summed E-state index contributed by atoms with van der Waals surface area (Å²) in [6.07, 6.45) is 5.42. The highest BCUT2D eigenvalue weighted by atomic mass is 35.5. The maximum Gasteiger partial charge on any atom is 0.256 e. The average molecular weight is 539 g/mol. The van der Waals surface area contributed by atoms with Gasteiger partial charge < -0.3 is 19.9 Å². The van der Waals surface area contributed by atoms with Crippen molar-refractivity contribution in [1.29, 1.82) is 0 Å². The maximum atomic E-state index is 12.7. The van der Waals surface area contributed by atoms with E-state index in [2.05, 4.69) is 24.3 Å². The Morgan fingerprint density at radius 1 is 1.00 bits per heavy atom. The minimum atomic E-state index is -0.139. The summed E-state index contributed by atoms with van der Waals surface area (Å²) >= 11 is 0. The number of aryl methyl sites for hydroxylation is 2. The zero-order chi connectivity index (χ0) is 24.5. The number of likely N-dealkylation sites (tertiary alicyclic amines) is 1. The number of carbonyl (C=O) groups is 2. The van der Waals surface area contributed by atoms with E-state index in [9.17, 15) is 9.59 Å². The maximum absolute atomic E-state index is 12.7. The van der Waals surface area contributed by atoms with Crippen LogP contribution in [0.4, 0.5) is 5.69 Å². The van der Waals surface area contributed by atoms with Crippen LogP contribution in [0.5, 0.6) is 5.75 Å². The first-order chi connectivity index (χ1) is 16.3. The highest BCUT2D eigenvalue weighted by molar-refractivity contribution is 6.06. The van der Waals surface area contributed by atoms with Gasteiger partial charge in [-0.3, -0.25) is 9.59 Å². The lowest BCUT2D eigenvalue weighted by Gasteiger charge is -2.35. The van der Waals surface area contributed by atoms with Crippen molar-refractivity contribution in [2.45, 2.75) is 58.4 Å². The van der Waals surface area contributed by atoms with E-state index in [0.29, 0.717) is 36.1 Å². The molecule has 1 saturated heterocycles. The first-order valence-electron chi connectivity index (χ1n) is 12.4. The monoisotopic (exact) mass is 537 g/mol. The van der Waals surface area contributed by atoms with E-state index in [-0.39, 0.29) is 36.6 Å². The standard InChI is InChI=1S/C28H39N3O3.2ClH/c1-21-13-14-25(29-28(33)24-11-8-7-10-22(24)2)26(20-21)34-19-9-5-6-12-27(32)31-17-15-23(16-18-31)30(3)4;;/h7-8,10-11,13-14,20,23H,5-6,9,12,15-19H2,1-4H3,(H,29,33);2*1H. The van der Waals surface area contributed by atoms with Crippen LogP contribution in [0.2, 0.25) is 0 Å². The zero-order valence-corrected chi connectivity index (χ0v) is 23.6. The summed E-state index contributed by atoms with van der Waals surface area (Å²) in [5.41, 5.74) is 3.35. The van der Waals surface area contributed by atoms with Crippen LogP contribution in [-0.2, 0) is 4.79 Å². The van der Waals surface area contributed by atoms with Gasteiger partial charge in [0.15, 0.2) is 0 Å². The van der Waals surface area contributed by atoms with Crippen LogP contribution < -0.4 is 10.1 Å². The lowest BCUT2D eigenvalue weighted by Crippen LogP contribution is -2.44. The van der Waals surface area contributed by atoms with Crippen LogP contribution in [0.25, 0.3) is 0 Å². The molecule has 0 bridgehead atoms. The van der Waals surface area contributed by atoms with E-state index in [4.69, 9.17) is 4.74 Å². The summed E-state index contributed by atoms with van der Waals surface area (Å²) in [7, 11) is 4.23. The van der Waals surface area contributed by atoms with Crippen molar-refractivity contribution in [2.75, 3.05) is 39.1 Å². The van der Waals surface area contributed by atoms with Gasteiger partial charge in [-0.25, -0.2) is 0 Å². The summed E-state index contributed by atoms with van der Waals surface area (Å²) in [4.78, 5) is 29.5. The second kappa shape index (κ2) is 15.7. The Morgan fingerprint density at radius 3 is 2.36 bits per heavy atom. The summed E-state index contributed by atoms with van der Waals surface area (Å²) < 4.78 is 6.03. The normalized spacial score (nSPS) is 13.5. The second-order valence-corrected chi connectivity index (χ2v) is 9.50. The van der Waals surface area contributed by atoms with E-state index in [1.54, 1.807) is 0 Å². The van der Waals surface area contributed by atoms with Crippen molar-refractivity contribution in [3.8, 4) is 5.75 Å². The molecule has 0 saturated carbocycles. The van der Waals surface area contributed by atoms with Crippen molar-refractivity contribution in [3.63, 3.8) is 0 Å². The molecule has 8 heteroatoms. The van der Waals surface area contributed by atoms with Crippen LogP contribution in [0.3, 0.4) is 0 Å². The van der Waals surface area contributed by atoms with Gasteiger partial charge >= 0.3 is 0 Å². The average Bonchev–Trinajstić information content (AvgIpc) is 2.83. The second-order valence-electron chi connectivity index (χ2n) is 9.50. The lowest BCUT2D eigenvalue weighted by atomic mass is 10.0. The molecular formula is C28H41Cl2N3O3. The Hall–Kier alpha value is -2.28. The van der Waals surface area contributed by atoms with Gasteiger partial charge in [0.1, 0.15) is 5.75 Å². The molecule has 1 fully saturated rings. The Bertz CT molecular complexity index is 976. The Labute approximate surface area is 228 Å². The number of carbonyl (C=O) groups excluding carboxylic acids is 2. The van der Waals surface area contributed by atoms with Crippen LogP contribution >= 0.6 is 24.8 Å². The molecule has 3 rings (SSSR count). The van der Waals surface area contributed by atoms with Gasteiger partial charge in [0.05, 0.1) is 12.3 Å². The molecule has 1 heterocycles. The fourth-order valence-corrected chi connectivity index (χ4v) is 4.40. The third kappa shape index (κ3) is 9.30. The van der Waals surface area contributed by atoms with E-state index >= 15 is 0 Å². The van der Waals surface area contributed by atoms with Gasteiger partial charge in [-0.2, -0.15) is 0 Å². The number of amides is 2. The van der Waals surface area contributed by atoms with E-state index in [0.717, 1.165) is 56.3 Å². The number of ether oxygens (including phenoxy) is 1. The minimum Gasteiger partial charge on any atom is -0.491 e. The van der Waals surface area contributed by atoms with Crippen LogP contribution in [0.15, 0.2) is 42.5 Å². The smallest absolute Gasteiger partial charge is 0.256 e. The number of benzene rings is 2. The predicted molar refractivity (Wildman–Crippen MR) is 152 cm³/mol. The van der Waals surface area contributed by atoms with E-state index in [1.165, 1.54) is 0 Å². The van der Waals surface area contributed by atoms with Gasteiger partial charge in [0.2, 0.25) is 5.91 Å². The van der Waals surface area contributed by atoms with E-state index in [1.807, 2.05) is 61.2 Å². The van der Waals surface area contributed by atoms with Gasteiger partial charge in [0, 0.05) is 31.1 Å². The number of nitrogens with zero attached hydrogens (tertiary/aromatic N) is 2. The van der Waals surface area contributed by atoms with Crippen molar-refractivity contribution in [2.24, 2.45) is 0 Å². The number of unbranched alkanes of at least 4 members (excludes halogenated alkanes) is 2. The number of nitrogens with one attached hydrogen (secondary N) is 1. The molecule has 2 amide bonds. The van der Waals surface area contributed by atoms with Crippen molar-refractivity contribution in [3.05, 3.63) is 59.2 Å². The summed E-state index contributed by atoms with van der Waals surface area (Å²) in [6, 6.07) is 13.9. The molecule has 200 valence electrons. The van der Waals surface area contributed by atoms with Gasteiger partial charge in [0.25, 0.3) is 5.91 Å². The Morgan fingerprint density at radius 2 is 1.69 bits per heavy atom. The third-order valence-corrected chi connectivity index (χ3v) is 6.62. The topological polar surface area (TPSA) is 61.9 Å². The van der Waals surface area contributed by atoms with Crippen LogP contribution in [0.1, 0.15) is 60.0 Å². The van der Waals surface area contributed by atoms with Crippen LogP contribution in [-0.4, -0.2) is 61.4 Å². The highest BCUT2D eigenvalue weighted by Crippen LogP contribution is 2.27. The number of rotatable bonds is 10. The lowest BCUT2D eigenvalue weighted by molar-refractivity contribution is -0.132. The molecule has 0 radical (unpaired) electrons. The molecule has 6 nitrogen and oxygen atoms in total. The third-order valence-electron chi connectivity index (χ3n) is 6.62. The molecule has 1 aliphatic rings. The first kappa shape index (κ1) is 31.7. The Kier molecular flexibility index (Phi) is 13.9. The molecule has 1 aliphatic heterocycles. The van der Waals surface area contributed by atoms with E-state index < -0.39 is 0 Å².